The van der Waals surface area contributed by atoms with Crippen LogP contribution in [0.3, 0.4) is 0 Å². The van der Waals surface area contributed by atoms with Crippen molar-refractivity contribution in [3.8, 4) is 0 Å². The zero-order chi connectivity index (χ0) is 13.4. The molecule has 18 heavy (non-hydrogen) atoms. The van der Waals surface area contributed by atoms with Crippen LogP contribution in [0.25, 0.3) is 0 Å². The summed E-state index contributed by atoms with van der Waals surface area (Å²) in [6, 6.07) is 5.81. The lowest BCUT2D eigenvalue weighted by Gasteiger charge is -2.08. The molecule has 0 aliphatic carbocycles. The minimum atomic E-state index is 0.0282. The van der Waals surface area contributed by atoms with Crippen LogP contribution < -0.4 is 5.32 Å². The minimum absolute atomic E-state index is 0.0282. The second-order valence-corrected chi connectivity index (χ2v) is 5.75. The Morgan fingerprint density at radius 2 is 2.00 bits per heavy atom. The largest absolute Gasteiger partial charge is 0.352 e. The van der Waals surface area contributed by atoms with Crippen LogP contribution in [0.5, 0.6) is 0 Å². The fourth-order valence-corrected chi connectivity index (χ4v) is 2.49. The molecule has 0 saturated carbocycles. The van der Waals surface area contributed by atoms with Crippen molar-refractivity contribution in [2.24, 2.45) is 0 Å². The van der Waals surface area contributed by atoms with Gasteiger partial charge in [0.1, 0.15) is 0 Å². The van der Waals surface area contributed by atoms with Gasteiger partial charge in [-0.3, -0.25) is 4.79 Å². The molecule has 0 unspecified atom stereocenters. The van der Waals surface area contributed by atoms with Crippen molar-refractivity contribution in [1.82, 2.24) is 5.32 Å². The Kier molecular flexibility index (Phi) is 7.66. The number of unbranched alkanes of at least 4 members (excludes halogenated alkanes) is 3. The monoisotopic (exact) mass is 379 g/mol. The first-order valence-corrected chi connectivity index (χ1v) is 7.87. The van der Waals surface area contributed by atoms with Gasteiger partial charge >= 0.3 is 0 Å². The number of benzene rings is 1. The van der Waals surface area contributed by atoms with Gasteiger partial charge in [-0.2, -0.15) is 0 Å². The van der Waals surface area contributed by atoms with E-state index in [-0.39, 0.29) is 5.91 Å². The van der Waals surface area contributed by atoms with Gasteiger partial charge < -0.3 is 5.32 Å². The summed E-state index contributed by atoms with van der Waals surface area (Å²) in [5.74, 6) is 0.758. The molecule has 1 rings (SSSR count). The van der Waals surface area contributed by atoms with Crippen LogP contribution in [-0.4, -0.2) is 18.3 Å². The Morgan fingerprint density at radius 1 is 1.28 bits per heavy atom. The number of halogens is 2. The Balaban J connectivity index is 2.35. The normalized spacial score (nSPS) is 10.4. The summed E-state index contributed by atoms with van der Waals surface area (Å²) in [4.78, 5) is 12.0. The van der Waals surface area contributed by atoms with Gasteiger partial charge in [0.15, 0.2) is 0 Å². The van der Waals surface area contributed by atoms with Crippen molar-refractivity contribution in [2.45, 2.75) is 32.6 Å². The number of aryl methyl sites for hydroxylation is 1. The maximum atomic E-state index is 12.0. The maximum absolute atomic E-state index is 12.0. The predicted octanol–water partition coefficient (Wildman–Crippen LogP) is 4.13. The van der Waals surface area contributed by atoms with Gasteiger partial charge in [0.2, 0.25) is 0 Å². The quantitative estimate of drug-likeness (QED) is 0.431. The molecule has 0 spiro atoms. The number of carbonyl (C=O) groups excluding carboxylic acids is 1. The Bertz CT molecular complexity index is 395. The lowest BCUT2D eigenvalue weighted by Crippen LogP contribution is -2.25. The van der Waals surface area contributed by atoms with E-state index in [4.69, 9.17) is 11.6 Å². The fraction of sp³-hybridized carbons (Fsp3) is 0.500. The average Bonchev–Trinajstić information content (AvgIpc) is 2.36. The molecule has 100 valence electrons. The van der Waals surface area contributed by atoms with Crippen LogP contribution in [0.4, 0.5) is 0 Å². The first-order chi connectivity index (χ1) is 8.66. The van der Waals surface area contributed by atoms with E-state index in [0.29, 0.717) is 0 Å². The number of amides is 1. The highest BCUT2D eigenvalue weighted by Gasteiger charge is 2.09. The predicted molar refractivity (Wildman–Crippen MR) is 85.4 cm³/mol. The van der Waals surface area contributed by atoms with E-state index in [2.05, 4.69) is 27.9 Å². The third kappa shape index (κ3) is 5.14. The highest BCUT2D eigenvalue weighted by atomic mass is 127. The Labute approximate surface area is 128 Å². The Hall–Kier alpha value is -0.290. The van der Waals surface area contributed by atoms with E-state index in [1.165, 1.54) is 0 Å². The summed E-state index contributed by atoms with van der Waals surface area (Å²) in [6.07, 6.45) is 4.34. The van der Waals surface area contributed by atoms with Gasteiger partial charge in [0.05, 0.1) is 5.56 Å². The third-order valence-corrected chi connectivity index (χ3v) is 4.48. The van der Waals surface area contributed by atoms with Crippen molar-refractivity contribution in [3.05, 3.63) is 32.9 Å². The molecule has 4 heteroatoms. The van der Waals surface area contributed by atoms with E-state index in [1.54, 1.807) is 0 Å². The summed E-state index contributed by atoms with van der Waals surface area (Å²) in [6.45, 7) is 2.76. The van der Waals surface area contributed by atoms with Gasteiger partial charge in [-0.15, -0.1) is 11.6 Å². The van der Waals surface area contributed by atoms with Gasteiger partial charge in [0, 0.05) is 16.0 Å². The van der Waals surface area contributed by atoms with Crippen LogP contribution in [-0.2, 0) is 0 Å². The van der Waals surface area contributed by atoms with Crippen molar-refractivity contribution in [1.29, 1.82) is 0 Å². The van der Waals surface area contributed by atoms with Gasteiger partial charge in [0.25, 0.3) is 5.91 Å². The fourth-order valence-electron chi connectivity index (χ4n) is 1.69. The molecule has 0 radical (unpaired) electrons. The van der Waals surface area contributed by atoms with E-state index < -0.39 is 0 Å². The topological polar surface area (TPSA) is 29.1 Å². The number of alkyl halides is 1. The van der Waals surface area contributed by atoms with Gasteiger partial charge in [-0.05, 0) is 54.0 Å². The molecular weight excluding hydrogens is 361 g/mol. The van der Waals surface area contributed by atoms with Crippen LogP contribution in [0.2, 0.25) is 0 Å². The maximum Gasteiger partial charge on any atom is 0.252 e. The molecular formula is C14H19ClINO. The van der Waals surface area contributed by atoms with Crippen molar-refractivity contribution < 1.29 is 4.79 Å². The number of nitrogens with one attached hydrogen (secondary N) is 1. The number of carbonyl (C=O) groups is 1. The summed E-state index contributed by atoms with van der Waals surface area (Å²) in [7, 11) is 0. The SMILES string of the molecule is Cc1cccc(C(=O)NCCCCCCCl)c1I. The first kappa shape index (κ1) is 15.8. The van der Waals surface area contributed by atoms with E-state index >= 15 is 0 Å². The highest BCUT2D eigenvalue weighted by molar-refractivity contribution is 14.1. The number of hydrogen-bond acceptors (Lipinski definition) is 1. The molecule has 0 atom stereocenters. The molecule has 0 aromatic heterocycles. The van der Waals surface area contributed by atoms with E-state index in [1.807, 2.05) is 25.1 Å². The first-order valence-electron chi connectivity index (χ1n) is 6.26. The zero-order valence-corrected chi connectivity index (χ0v) is 13.6. The molecule has 1 amide bonds. The lowest BCUT2D eigenvalue weighted by molar-refractivity contribution is 0.0952. The van der Waals surface area contributed by atoms with Crippen molar-refractivity contribution in [3.63, 3.8) is 0 Å². The van der Waals surface area contributed by atoms with Gasteiger partial charge in [-0.25, -0.2) is 0 Å². The molecule has 0 heterocycles. The standard InChI is InChI=1S/C14H19ClINO/c1-11-7-6-8-12(13(11)16)14(18)17-10-5-3-2-4-9-15/h6-8H,2-5,9-10H2,1H3,(H,17,18). The second kappa shape index (κ2) is 8.75. The van der Waals surface area contributed by atoms with Crippen LogP contribution >= 0.6 is 34.2 Å². The minimum Gasteiger partial charge on any atom is -0.352 e. The molecule has 0 aliphatic rings. The summed E-state index contributed by atoms with van der Waals surface area (Å²) in [5, 5.41) is 2.97. The summed E-state index contributed by atoms with van der Waals surface area (Å²) >= 11 is 7.83. The van der Waals surface area contributed by atoms with Crippen molar-refractivity contribution >= 4 is 40.1 Å². The van der Waals surface area contributed by atoms with Crippen molar-refractivity contribution in [2.75, 3.05) is 12.4 Å². The summed E-state index contributed by atoms with van der Waals surface area (Å²) < 4.78 is 1.04. The smallest absolute Gasteiger partial charge is 0.252 e. The molecule has 1 N–H and O–H groups in total. The molecule has 0 aliphatic heterocycles. The highest BCUT2D eigenvalue weighted by Crippen LogP contribution is 2.16. The van der Waals surface area contributed by atoms with Gasteiger partial charge in [-0.1, -0.05) is 25.0 Å². The molecule has 0 saturated heterocycles. The van der Waals surface area contributed by atoms with Crippen LogP contribution in [0.1, 0.15) is 41.6 Å². The van der Waals surface area contributed by atoms with E-state index in [9.17, 15) is 4.79 Å². The van der Waals surface area contributed by atoms with Crippen LogP contribution in [0.15, 0.2) is 18.2 Å². The average molecular weight is 380 g/mol. The van der Waals surface area contributed by atoms with Crippen LogP contribution in [0, 0.1) is 10.5 Å². The molecule has 1 aromatic rings. The number of rotatable bonds is 7. The molecule has 2 nitrogen and oxygen atoms in total. The summed E-state index contributed by atoms with van der Waals surface area (Å²) in [5.41, 5.74) is 1.92. The Morgan fingerprint density at radius 3 is 2.72 bits per heavy atom. The third-order valence-electron chi connectivity index (χ3n) is 2.78. The molecule has 0 fully saturated rings. The second-order valence-electron chi connectivity index (χ2n) is 4.30. The number of hydrogen-bond donors (Lipinski definition) is 1. The van der Waals surface area contributed by atoms with E-state index in [0.717, 1.165) is 52.8 Å². The lowest BCUT2D eigenvalue weighted by atomic mass is 10.1. The molecule has 0 bridgehead atoms. The molecule has 1 aromatic carbocycles. The zero-order valence-electron chi connectivity index (χ0n) is 10.6.